The lowest BCUT2D eigenvalue weighted by Crippen LogP contribution is -1.92. The zero-order valence-electron chi connectivity index (χ0n) is 9.89. The zero-order valence-corrected chi connectivity index (χ0v) is 9.89. The van der Waals surface area contributed by atoms with Gasteiger partial charge in [0.1, 0.15) is 0 Å². The Morgan fingerprint density at radius 1 is 0.882 bits per heavy atom. The molecule has 0 heterocycles. The quantitative estimate of drug-likeness (QED) is 0.770. The van der Waals surface area contributed by atoms with E-state index in [-0.39, 0.29) is 0 Å². The standard InChI is InChI=1S/C16H15O/c1-17-13-12-16(14-8-4-2-5-9-14)15-10-6-3-7-11-15/h2-11H,13H2,1H3. The highest BCUT2D eigenvalue weighted by molar-refractivity contribution is 5.78. The van der Waals surface area contributed by atoms with Crippen molar-refractivity contribution in [3.05, 3.63) is 77.9 Å². The van der Waals surface area contributed by atoms with Gasteiger partial charge in [-0.05, 0) is 22.8 Å². The Morgan fingerprint density at radius 2 is 1.35 bits per heavy atom. The number of rotatable bonds is 4. The second kappa shape index (κ2) is 6.02. The van der Waals surface area contributed by atoms with Gasteiger partial charge in [-0.2, -0.15) is 0 Å². The second-order valence-corrected chi connectivity index (χ2v) is 3.72. The average molecular weight is 223 g/mol. The van der Waals surface area contributed by atoms with Crippen molar-refractivity contribution in [2.75, 3.05) is 13.7 Å². The maximum absolute atomic E-state index is 5.08. The maximum Gasteiger partial charge on any atom is 0.0723 e. The van der Waals surface area contributed by atoms with Crippen LogP contribution in [0.2, 0.25) is 0 Å². The summed E-state index contributed by atoms with van der Waals surface area (Å²) in [5.74, 6) is 0. The van der Waals surface area contributed by atoms with Crippen LogP contribution in [0, 0.1) is 6.08 Å². The monoisotopic (exact) mass is 223 g/mol. The highest BCUT2D eigenvalue weighted by Crippen LogP contribution is 2.22. The third-order valence-electron chi connectivity index (χ3n) is 2.52. The number of hydrogen-bond donors (Lipinski definition) is 0. The minimum atomic E-state index is 0.499. The number of methoxy groups -OCH3 is 1. The van der Waals surface area contributed by atoms with Crippen LogP contribution in [0.3, 0.4) is 0 Å². The molecule has 0 aliphatic rings. The van der Waals surface area contributed by atoms with Crippen molar-refractivity contribution in [1.82, 2.24) is 0 Å². The lowest BCUT2D eigenvalue weighted by Gasteiger charge is -2.07. The molecular weight excluding hydrogens is 208 g/mol. The van der Waals surface area contributed by atoms with Gasteiger partial charge in [-0.15, -0.1) is 0 Å². The molecule has 0 aliphatic heterocycles. The van der Waals surface area contributed by atoms with E-state index in [1.807, 2.05) is 36.4 Å². The van der Waals surface area contributed by atoms with Crippen molar-refractivity contribution in [3.63, 3.8) is 0 Å². The molecule has 85 valence electrons. The molecule has 17 heavy (non-hydrogen) atoms. The molecule has 0 bridgehead atoms. The summed E-state index contributed by atoms with van der Waals surface area (Å²) in [5, 5.41) is 0. The van der Waals surface area contributed by atoms with Crippen molar-refractivity contribution in [3.8, 4) is 0 Å². The first-order valence-corrected chi connectivity index (χ1v) is 5.62. The summed E-state index contributed by atoms with van der Waals surface area (Å²) in [6.45, 7) is 0.499. The molecule has 1 heteroatoms. The van der Waals surface area contributed by atoms with Crippen LogP contribution in [0.5, 0.6) is 0 Å². The van der Waals surface area contributed by atoms with E-state index in [1.165, 1.54) is 0 Å². The molecule has 0 unspecified atom stereocenters. The molecule has 0 aromatic heterocycles. The van der Waals surface area contributed by atoms with Gasteiger partial charge in [0.25, 0.3) is 0 Å². The van der Waals surface area contributed by atoms with E-state index >= 15 is 0 Å². The highest BCUT2D eigenvalue weighted by Gasteiger charge is 2.03. The van der Waals surface area contributed by atoms with Gasteiger partial charge in [0.15, 0.2) is 0 Å². The Kier molecular flexibility index (Phi) is 4.11. The molecule has 2 rings (SSSR count). The van der Waals surface area contributed by atoms with Gasteiger partial charge in [0.05, 0.1) is 6.61 Å². The fourth-order valence-electron chi connectivity index (χ4n) is 1.72. The van der Waals surface area contributed by atoms with E-state index in [1.54, 1.807) is 7.11 Å². The zero-order chi connectivity index (χ0) is 11.9. The van der Waals surface area contributed by atoms with Crippen LogP contribution in [-0.2, 0) is 4.74 Å². The fourth-order valence-corrected chi connectivity index (χ4v) is 1.72. The molecule has 2 aromatic rings. The van der Waals surface area contributed by atoms with Crippen molar-refractivity contribution in [2.45, 2.75) is 0 Å². The molecule has 0 atom stereocenters. The Labute approximate surface area is 102 Å². The molecule has 0 amide bonds. The molecule has 0 saturated carbocycles. The summed E-state index contributed by atoms with van der Waals surface area (Å²) < 4.78 is 5.08. The van der Waals surface area contributed by atoms with E-state index in [0.717, 1.165) is 16.7 Å². The molecular formula is C16H15O. The third kappa shape index (κ3) is 3.05. The SMILES string of the molecule is COC[C]=C(c1ccccc1)c1ccccc1. The normalized spacial score (nSPS) is 9.94. The summed E-state index contributed by atoms with van der Waals surface area (Å²) in [7, 11) is 1.68. The van der Waals surface area contributed by atoms with E-state index < -0.39 is 0 Å². The summed E-state index contributed by atoms with van der Waals surface area (Å²) in [6.07, 6.45) is 3.30. The van der Waals surface area contributed by atoms with Crippen molar-refractivity contribution in [2.24, 2.45) is 0 Å². The summed E-state index contributed by atoms with van der Waals surface area (Å²) in [4.78, 5) is 0. The minimum absolute atomic E-state index is 0.499. The summed E-state index contributed by atoms with van der Waals surface area (Å²) >= 11 is 0. The fraction of sp³-hybridized carbons (Fsp3) is 0.125. The van der Waals surface area contributed by atoms with E-state index in [9.17, 15) is 0 Å². The smallest absolute Gasteiger partial charge is 0.0723 e. The van der Waals surface area contributed by atoms with Crippen LogP contribution in [-0.4, -0.2) is 13.7 Å². The number of benzene rings is 2. The van der Waals surface area contributed by atoms with Gasteiger partial charge < -0.3 is 4.74 Å². The van der Waals surface area contributed by atoms with Gasteiger partial charge in [0.2, 0.25) is 0 Å². The molecule has 0 fully saturated rings. The maximum atomic E-state index is 5.08. The van der Waals surface area contributed by atoms with Crippen molar-refractivity contribution < 1.29 is 4.74 Å². The Morgan fingerprint density at radius 3 is 1.76 bits per heavy atom. The first kappa shape index (κ1) is 11.6. The molecule has 2 aromatic carbocycles. The molecule has 0 aliphatic carbocycles. The van der Waals surface area contributed by atoms with E-state index in [4.69, 9.17) is 4.74 Å². The Bertz CT molecular complexity index is 430. The van der Waals surface area contributed by atoms with Gasteiger partial charge in [-0.25, -0.2) is 0 Å². The Hall–Kier alpha value is -1.86. The van der Waals surface area contributed by atoms with Crippen LogP contribution in [0.4, 0.5) is 0 Å². The molecule has 0 spiro atoms. The van der Waals surface area contributed by atoms with Gasteiger partial charge in [-0.3, -0.25) is 0 Å². The minimum Gasteiger partial charge on any atom is -0.380 e. The predicted octanol–water partition coefficient (Wildman–Crippen LogP) is 3.57. The third-order valence-corrected chi connectivity index (χ3v) is 2.52. The summed E-state index contributed by atoms with van der Waals surface area (Å²) in [5.41, 5.74) is 3.42. The molecule has 0 N–H and O–H groups in total. The first-order valence-electron chi connectivity index (χ1n) is 5.62. The molecule has 0 saturated heterocycles. The van der Waals surface area contributed by atoms with Crippen LogP contribution in [0.15, 0.2) is 60.7 Å². The topological polar surface area (TPSA) is 9.23 Å². The first-order chi connectivity index (χ1) is 8.42. The lowest BCUT2D eigenvalue weighted by atomic mass is 9.98. The van der Waals surface area contributed by atoms with Crippen LogP contribution >= 0.6 is 0 Å². The van der Waals surface area contributed by atoms with E-state index in [0.29, 0.717) is 6.61 Å². The largest absolute Gasteiger partial charge is 0.380 e. The number of hydrogen-bond acceptors (Lipinski definition) is 1. The number of ether oxygens (including phenoxy) is 1. The van der Waals surface area contributed by atoms with Crippen LogP contribution in [0.25, 0.3) is 5.57 Å². The van der Waals surface area contributed by atoms with Crippen molar-refractivity contribution in [1.29, 1.82) is 0 Å². The average Bonchev–Trinajstić information content (AvgIpc) is 2.42. The van der Waals surface area contributed by atoms with Crippen LogP contribution in [0.1, 0.15) is 11.1 Å². The highest BCUT2D eigenvalue weighted by atomic mass is 16.5. The predicted molar refractivity (Wildman–Crippen MR) is 70.5 cm³/mol. The molecule has 1 radical (unpaired) electrons. The van der Waals surface area contributed by atoms with Crippen LogP contribution < -0.4 is 0 Å². The lowest BCUT2D eigenvalue weighted by molar-refractivity contribution is 0.229. The van der Waals surface area contributed by atoms with Gasteiger partial charge in [0, 0.05) is 7.11 Å². The summed E-state index contributed by atoms with van der Waals surface area (Å²) in [6, 6.07) is 20.5. The van der Waals surface area contributed by atoms with Gasteiger partial charge in [-0.1, -0.05) is 60.7 Å². The second-order valence-electron chi connectivity index (χ2n) is 3.72. The Balaban J connectivity index is 2.40. The van der Waals surface area contributed by atoms with E-state index in [2.05, 4.69) is 30.3 Å². The van der Waals surface area contributed by atoms with Crippen molar-refractivity contribution >= 4 is 5.57 Å². The molecule has 1 nitrogen and oxygen atoms in total. The van der Waals surface area contributed by atoms with Gasteiger partial charge >= 0.3 is 0 Å².